The number of aliphatic hydroxyl groups is 1. The molecule has 1 aliphatic heterocycles. The average Bonchev–Trinajstić information content (AvgIpc) is 3.17. The maximum absolute atomic E-state index is 12.2. The van der Waals surface area contributed by atoms with Gasteiger partial charge in [0.25, 0.3) is 0 Å². The number of hydrogen-bond donors (Lipinski definition) is 1. The smallest absolute Gasteiger partial charge is 0.410 e. The average molecular weight is 509 g/mol. The molecule has 192 valence electrons. The predicted octanol–water partition coefficient (Wildman–Crippen LogP) is 4.46. The number of nitrogens with zero attached hydrogens (tertiary/aromatic N) is 4. The number of benzene rings is 1. The summed E-state index contributed by atoms with van der Waals surface area (Å²) in [5, 5.41) is 21.0. The maximum atomic E-state index is 12.2. The molecular weight excluding hydrogens is 476 g/mol. The highest BCUT2D eigenvalue weighted by atomic mass is 35.5. The molecule has 1 fully saturated rings. The number of aromatic nitrogens is 2. The fourth-order valence-electron chi connectivity index (χ4n) is 3.89. The lowest BCUT2D eigenvalue weighted by Crippen LogP contribution is -2.42. The summed E-state index contributed by atoms with van der Waals surface area (Å²) in [4.78, 5) is 27.8. The van der Waals surface area contributed by atoms with Gasteiger partial charge >= 0.3 is 17.2 Å². The number of carbonyl (C=O) groups excluding carboxylic acids is 1. The maximum Gasteiger partial charge on any atom is 0.410 e. The van der Waals surface area contributed by atoms with Crippen LogP contribution in [0.4, 0.5) is 10.6 Å². The Morgan fingerprint density at radius 3 is 2.51 bits per heavy atom. The summed E-state index contributed by atoms with van der Waals surface area (Å²) in [6.45, 7) is 7.41. The second kappa shape index (κ2) is 11.7. The second-order valence-corrected chi connectivity index (χ2v) is 10.2. The van der Waals surface area contributed by atoms with Crippen molar-refractivity contribution < 1.29 is 24.3 Å². The highest BCUT2D eigenvalue weighted by molar-refractivity contribution is 6.28. The van der Waals surface area contributed by atoms with Gasteiger partial charge in [-0.1, -0.05) is 12.1 Å². The lowest BCUT2D eigenvalue weighted by molar-refractivity contribution is -0.389. The van der Waals surface area contributed by atoms with Crippen LogP contribution in [0.15, 0.2) is 30.5 Å². The van der Waals surface area contributed by atoms with E-state index >= 15 is 0 Å². The third-order valence-corrected chi connectivity index (χ3v) is 6.06. The second-order valence-electron chi connectivity index (χ2n) is 9.83. The van der Waals surface area contributed by atoms with Crippen molar-refractivity contribution in [2.24, 2.45) is 5.92 Å². The van der Waals surface area contributed by atoms with E-state index in [1.807, 2.05) is 45.0 Å². The zero-order valence-electron chi connectivity index (χ0n) is 20.4. The monoisotopic (exact) mass is 508 g/mol. The van der Waals surface area contributed by atoms with Crippen molar-refractivity contribution in [1.29, 1.82) is 0 Å². The number of piperidine rings is 1. The molecule has 3 rings (SSSR count). The number of hydrogen-bond acceptors (Lipinski definition) is 7. The van der Waals surface area contributed by atoms with Gasteiger partial charge in [-0.3, -0.25) is 4.57 Å². The number of nitro groups is 1. The van der Waals surface area contributed by atoms with Gasteiger partial charge in [-0.25, -0.2) is 4.79 Å². The predicted molar refractivity (Wildman–Crippen MR) is 131 cm³/mol. The van der Waals surface area contributed by atoms with Crippen molar-refractivity contribution >= 4 is 23.5 Å². The van der Waals surface area contributed by atoms with Crippen molar-refractivity contribution in [1.82, 2.24) is 14.5 Å². The zero-order chi connectivity index (χ0) is 25.6. The SMILES string of the molecule is CC(C)(C)OC(=O)N1CCC(Cc2ccc(OCC(O)CCn3cc([N+](=O)[O-])nc3Cl)cc2)CC1. The molecular formula is C24H33ClN4O6. The normalized spacial score (nSPS) is 15.6. The van der Waals surface area contributed by atoms with Gasteiger partial charge in [-0.05, 0) is 91.6 Å². The van der Waals surface area contributed by atoms with Crippen LogP contribution in [-0.2, 0) is 17.7 Å². The van der Waals surface area contributed by atoms with E-state index in [2.05, 4.69) is 4.98 Å². The fraction of sp³-hybridized carbons (Fsp3) is 0.583. The van der Waals surface area contributed by atoms with Gasteiger partial charge in [-0.15, -0.1) is 0 Å². The Kier molecular flexibility index (Phi) is 8.96. The van der Waals surface area contributed by atoms with E-state index in [1.54, 1.807) is 4.90 Å². The van der Waals surface area contributed by atoms with Crippen LogP contribution in [0.5, 0.6) is 5.75 Å². The van der Waals surface area contributed by atoms with Gasteiger partial charge in [0.15, 0.2) is 0 Å². The largest absolute Gasteiger partial charge is 0.491 e. The van der Waals surface area contributed by atoms with Crippen molar-refractivity contribution in [3.63, 3.8) is 0 Å². The Labute approximate surface area is 209 Å². The van der Waals surface area contributed by atoms with Gasteiger partial charge in [-0.2, -0.15) is 0 Å². The van der Waals surface area contributed by atoms with Crippen LogP contribution in [0.2, 0.25) is 5.28 Å². The summed E-state index contributed by atoms with van der Waals surface area (Å²) in [6.07, 6.45) is 3.37. The van der Waals surface area contributed by atoms with Crippen molar-refractivity contribution in [3.05, 3.63) is 51.4 Å². The first-order chi connectivity index (χ1) is 16.5. The van der Waals surface area contributed by atoms with Crippen LogP contribution in [-0.4, -0.2) is 62.0 Å². The number of amides is 1. The zero-order valence-corrected chi connectivity index (χ0v) is 21.1. The lowest BCUT2D eigenvalue weighted by atomic mass is 9.90. The van der Waals surface area contributed by atoms with E-state index in [0.717, 1.165) is 19.3 Å². The van der Waals surface area contributed by atoms with Crippen molar-refractivity contribution in [2.45, 2.75) is 64.7 Å². The number of rotatable bonds is 9. The number of ether oxygens (including phenoxy) is 2. The van der Waals surface area contributed by atoms with E-state index in [0.29, 0.717) is 31.2 Å². The lowest BCUT2D eigenvalue weighted by Gasteiger charge is -2.33. The number of aliphatic hydroxyl groups excluding tert-OH is 1. The third-order valence-electron chi connectivity index (χ3n) is 5.76. The molecule has 0 spiro atoms. The Morgan fingerprint density at radius 2 is 1.94 bits per heavy atom. The fourth-order valence-corrected chi connectivity index (χ4v) is 4.11. The van der Waals surface area contributed by atoms with Crippen LogP contribution < -0.4 is 4.74 Å². The molecule has 0 radical (unpaired) electrons. The van der Waals surface area contributed by atoms with Crippen LogP contribution >= 0.6 is 11.6 Å². The molecule has 2 heterocycles. The number of likely N-dealkylation sites (tertiary alicyclic amines) is 1. The molecule has 1 aromatic heterocycles. The highest BCUT2D eigenvalue weighted by Gasteiger charge is 2.27. The van der Waals surface area contributed by atoms with Crippen LogP contribution in [0.3, 0.4) is 0 Å². The molecule has 0 aliphatic carbocycles. The molecule has 0 saturated carbocycles. The van der Waals surface area contributed by atoms with Gasteiger partial charge < -0.3 is 29.6 Å². The summed E-state index contributed by atoms with van der Waals surface area (Å²) in [6, 6.07) is 7.81. The van der Waals surface area contributed by atoms with E-state index in [4.69, 9.17) is 21.1 Å². The summed E-state index contributed by atoms with van der Waals surface area (Å²) in [7, 11) is 0. The Balaban J connectivity index is 1.38. The molecule has 1 N–H and O–H groups in total. The van der Waals surface area contributed by atoms with Gasteiger partial charge in [0.05, 0.1) is 6.10 Å². The van der Waals surface area contributed by atoms with Crippen molar-refractivity contribution in [3.8, 4) is 5.75 Å². The summed E-state index contributed by atoms with van der Waals surface area (Å²) < 4.78 is 12.6. The van der Waals surface area contributed by atoms with E-state index in [-0.39, 0.29) is 30.3 Å². The van der Waals surface area contributed by atoms with E-state index in [1.165, 1.54) is 16.3 Å². The Hall–Kier alpha value is -2.85. The van der Waals surface area contributed by atoms with Crippen LogP contribution in [0, 0.1) is 16.0 Å². The van der Waals surface area contributed by atoms with E-state index in [9.17, 15) is 20.0 Å². The van der Waals surface area contributed by atoms with Gasteiger partial charge in [0.1, 0.15) is 24.2 Å². The molecule has 0 bridgehead atoms. The molecule has 2 aromatic rings. The van der Waals surface area contributed by atoms with Crippen LogP contribution in [0.1, 0.15) is 45.6 Å². The van der Waals surface area contributed by atoms with Gasteiger partial charge in [0, 0.05) is 19.6 Å². The number of carbonyl (C=O) groups is 1. The Morgan fingerprint density at radius 1 is 1.29 bits per heavy atom. The molecule has 1 aromatic carbocycles. The summed E-state index contributed by atoms with van der Waals surface area (Å²) in [5.74, 6) is 0.839. The molecule has 1 aliphatic rings. The molecule has 1 unspecified atom stereocenters. The van der Waals surface area contributed by atoms with E-state index < -0.39 is 16.6 Å². The first kappa shape index (κ1) is 26.7. The minimum absolute atomic E-state index is 0.0101. The number of imidazole rings is 1. The minimum atomic E-state index is -0.762. The van der Waals surface area contributed by atoms with Crippen molar-refractivity contribution in [2.75, 3.05) is 19.7 Å². The standard InChI is InChI=1S/C24H33ClN4O6/c1-24(2,3)35-23(31)27-11-8-18(9-12-27)14-17-4-6-20(7-5-17)34-16-19(30)10-13-28-15-21(29(32)33)26-22(28)25/h4-7,15,18-19,30H,8-14,16H2,1-3H3. The van der Waals surface area contributed by atoms with Crippen LogP contribution in [0.25, 0.3) is 0 Å². The first-order valence-corrected chi connectivity index (χ1v) is 12.1. The number of halogens is 1. The molecule has 10 nitrogen and oxygen atoms in total. The Bertz CT molecular complexity index is 996. The highest BCUT2D eigenvalue weighted by Crippen LogP contribution is 2.24. The first-order valence-electron chi connectivity index (χ1n) is 11.7. The third kappa shape index (κ3) is 8.40. The molecule has 11 heteroatoms. The number of aryl methyl sites for hydroxylation is 1. The van der Waals surface area contributed by atoms with Gasteiger partial charge in [0.2, 0.25) is 0 Å². The summed E-state index contributed by atoms with van der Waals surface area (Å²) >= 11 is 5.89. The summed E-state index contributed by atoms with van der Waals surface area (Å²) in [5.41, 5.74) is 0.718. The quantitative estimate of drug-likeness (QED) is 0.392. The molecule has 35 heavy (non-hydrogen) atoms. The topological polar surface area (TPSA) is 120 Å². The molecule has 1 atom stereocenters. The molecule has 1 saturated heterocycles. The minimum Gasteiger partial charge on any atom is -0.491 e. The molecule has 1 amide bonds.